The van der Waals surface area contributed by atoms with Gasteiger partial charge in [-0.15, -0.1) is 0 Å². The van der Waals surface area contributed by atoms with Crippen molar-refractivity contribution in [1.29, 1.82) is 0 Å². The maximum absolute atomic E-state index is 10.9. The molecule has 12 heavy (non-hydrogen) atoms. The Hall–Kier alpha value is -0.770. The number of likely N-dealkylation sites (N-methyl/N-ethyl adjacent to an activating group) is 1. The van der Waals surface area contributed by atoms with E-state index in [1.54, 1.807) is 0 Å². The van der Waals surface area contributed by atoms with Crippen molar-refractivity contribution >= 4 is 6.03 Å². The second kappa shape index (κ2) is 5.83. The van der Waals surface area contributed by atoms with E-state index in [4.69, 9.17) is 0 Å². The Morgan fingerprint density at radius 3 is 2.42 bits per heavy atom. The van der Waals surface area contributed by atoms with Crippen LogP contribution >= 0.6 is 0 Å². The number of nitrogens with zero attached hydrogens (tertiary/aromatic N) is 1. The second-order valence-corrected chi connectivity index (χ2v) is 3.05. The molecule has 0 aromatic rings. The van der Waals surface area contributed by atoms with Crippen molar-refractivity contribution in [2.24, 2.45) is 0 Å². The van der Waals surface area contributed by atoms with E-state index >= 15 is 0 Å². The number of carbonyl (C=O) groups excluding carboxylic acids is 1. The number of hydrogen-bond acceptors (Lipinski definition) is 2. The molecular weight excluding hydrogens is 154 g/mol. The Kier molecular flexibility index (Phi) is 5.45. The van der Waals surface area contributed by atoms with E-state index in [0.29, 0.717) is 19.1 Å². The number of amides is 2. The molecule has 0 fully saturated rings. The number of carbonyl (C=O) groups is 1. The first-order chi connectivity index (χ1) is 5.57. The Labute approximate surface area is 74.3 Å². The van der Waals surface area contributed by atoms with Gasteiger partial charge in [-0.2, -0.15) is 0 Å². The largest absolute Gasteiger partial charge is 0.338 e. The highest BCUT2D eigenvalue weighted by molar-refractivity contribution is 5.73. The van der Waals surface area contributed by atoms with E-state index < -0.39 is 0 Å². The summed E-state index contributed by atoms with van der Waals surface area (Å²) in [5, 5.41) is 5.44. The van der Waals surface area contributed by atoms with Crippen LogP contribution in [0.15, 0.2) is 0 Å². The first-order valence-corrected chi connectivity index (χ1v) is 4.26. The van der Waals surface area contributed by atoms with Crippen LogP contribution in [0.25, 0.3) is 0 Å². The SMILES string of the molecule is CCNC(=O)NCC(C)N(C)C. The summed E-state index contributed by atoms with van der Waals surface area (Å²) >= 11 is 0. The van der Waals surface area contributed by atoms with Gasteiger partial charge in [0.25, 0.3) is 0 Å². The highest BCUT2D eigenvalue weighted by Crippen LogP contribution is 1.87. The smallest absolute Gasteiger partial charge is 0.314 e. The fourth-order valence-corrected chi connectivity index (χ4v) is 0.646. The Bertz CT molecular complexity index is 136. The van der Waals surface area contributed by atoms with Crippen molar-refractivity contribution in [3.63, 3.8) is 0 Å². The van der Waals surface area contributed by atoms with Gasteiger partial charge >= 0.3 is 6.03 Å². The summed E-state index contributed by atoms with van der Waals surface area (Å²) in [7, 11) is 3.98. The molecule has 0 aliphatic rings. The van der Waals surface area contributed by atoms with Gasteiger partial charge in [-0.3, -0.25) is 0 Å². The minimum atomic E-state index is -0.0915. The minimum absolute atomic E-state index is 0.0915. The normalized spacial score (nSPS) is 12.8. The Morgan fingerprint density at radius 1 is 1.42 bits per heavy atom. The molecule has 1 atom stereocenters. The lowest BCUT2D eigenvalue weighted by molar-refractivity contribution is 0.235. The number of rotatable bonds is 4. The van der Waals surface area contributed by atoms with Crippen LogP contribution in [0.2, 0.25) is 0 Å². The van der Waals surface area contributed by atoms with Crippen molar-refractivity contribution in [2.75, 3.05) is 27.2 Å². The summed E-state index contributed by atoms with van der Waals surface area (Å²) in [6.45, 7) is 5.31. The number of urea groups is 1. The molecule has 2 N–H and O–H groups in total. The molecule has 4 nitrogen and oxygen atoms in total. The maximum atomic E-state index is 10.9. The Balaban J connectivity index is 3.47. The molecule has 0 aromatic heterocycles. The van der Waals surface area contributed by atoms with Crippen molar-refractivity contribution in [1.82, 2.24) is 15.5 Å². The highest BCUT2D eigenvalue weighted by Gasteiger charge is 2.05. The van der Waals surface area contributed by atoms with Gasteiger partial charge in [0.15, 0.2) is 0 Å². The standard InChI is InChI=1S/C8H19N3O/c1-5-9-8(12)10-6-7(2)11(3)4/h7H,5-6H2,1-4H3,(H2,9,10,12). The van der Waals surface area contributed by atoms with Gasteiger partial charge in [-0.1, -0.05) is 0 Å². The predicted octanol–water partition coefficient (Wildman–Crippen LogP) is 0.256. The molecule has 1 unspecified atom stereocenters. The van der Waals surface area contributed by atoms with E-state index in [9.17, 15) is 4.79 Å². The molecule has 0 radical (unpaired) electrons. The zero-order valence-electron chi connectivity index (χ0n) is 8.35. The van der Waals surface area contributed by atoms with Crippen molar-refractivity contribution in [3.8, 4) is 0 Å². The van der Waals surface area contributed by atoms with Gasteiger partial charge in [-0.25, -0.2) is 4.79 Å². The van der Waals surface area contributed by atoms with Crippen LogP contribution < -0.4 is 10.6 Å². The van der Waals surface area contributed by atoms with Gasteiger partial charge in [0.05, 0.1) is 0 Å². The third kappa shape index (κ3) is 4.96. The molecule has 0 rings (SSSR count). The van der Waals surface area contributed by atoms with Crippen LogP contribution in [-0.4, -0.2) is 44.2 Å². The summed E-state index contributed by atoms with van der Waals surface area (Å²) in [5.74, 6) is 0. The van der Waals surface area contributed by atoms with Gasteiger partial charge in [0.1, 0.15) is 0 Å². The summed E-state index contributed by atoms with van der Waals surface area (Å²) in [6.07, 6.45) is 0. The first-order valence-electron chi connectivity index (χ1n) is 4.26. The summed E-state index contributed by atoms with van der Waals surface area (Å²) in [5.41, 5.74) is 0. The third-order valence-corrected chi connectivity index (χ3v) is 1.78. The summed E-state index contributed by atoms with van der Waals surface area (Å²) in [4.78, 5) is 13.0. The fourth-order valence-electron chi connectivity index (χ4n) is 0.646. The lowest BCUT2D eigenvalue weighted by atomic mass is 10.3. The van der Waals surface area contributed by atoms with E-state index in [2.05, 4.69) is 22.5 Å². The topological polar surface area (TPSA) is 44.4 Å². The van der Waals surface area contributed by atoms with Gasteiger partial charge < -0.3 is 15.5 Å². The van der Waals surface area contributed by atoms with Gasteiger partial charge in [-0.05, 0) is 27.9 Å². The van der Waals surface area contributed by atoms with E-state index in [1.807, 2.05) is 21.0 Å². The average Bonchev–Trinajstić information content (AvgIpc) is 2.00. The monoisotopic (exact) mass is 173 g/mol. The molecule has 0 heterocycles. The molecule has 0 spiro atoms. The van der Waals surface area contributed by atoms with Crippen LogP contribution in [0, 0.1) is 0 Å². The highest BCUT2D eigenvalue weighted by atomic mass is 16.2. The van der Waals surface area contributed by atoms with Crippen LogP contribution in [0.3, 0.4) is 0 Å². The molecule has 0 bridgehead atoms. The molecule has 0 saturated carbocycles. The fraction of sp³-hybridized carbons (Fsp3) is 0.875. The zero-order chi connectivity index (χ0) is 9.56. The molecule has 0 aliphatic carbocycles. The van der Waals surface area contributed by atoms with Gasteiger partial charge in [0, 0.05) is 19.1 Å². The van der Waals surface area contributed by atoms with Crippen LogP contribution in [0.5, 0.6) is 0 Å². The molecule has 0 aromatic carbocycles. The van der Waals surface area contributed by atoms with Gasteiger partial charge in [0.2, 0.25) is 0 Å². The Morgan fingerprint density at radius 2 is 2.00 bits per heavy atom. The van der Waals surface area contributed by atoms with Crippen LogP contribution in [0.4, 0.5) is 4.79 Å². The van der Waals surface area contributed by atoms with Crippen LogP contribution in [0.1, 0.15) is 13.8 Å². The number of nitrogens with one attached hydrogen (secondary N) is 2. The molecule has 2 amide bonds. The molecule has 72 valence electrons. The molecule has 4 heteroatoms. The van der Waals surface area contributed by atoms with Crippen molar-refractivity contribution in [3.05, 3.63) is 0 Å². The molecular formula is C8H19N3O. The van der Waals surface area contributed by atoms with Crippen molar-refractivity contribution < 1.29 is 4.79 Å². The minimum Gasteiger partial charge on any atom is -0.338 e. The second-order valence-electron chi connectivity index (χ2n) is 3.05. The third-order valence-electron chi connectivity index (χ3n) is 1.78. The summed E-state index contributed by atoms with van der Waals surface area (Å²) < 4.78 is 0. The predicted molar refractivity (Wildman–Crippen MR) is 50.2 cm³/mol. The van der Waals surface area contributed by atoms with Crippen LogP contribution in [-0.2, 0) is 0 Å². The molecule has 0 aliphatic heterocycles. The average molecular weight is 173 g/mol. The molecule has 0 saturated heterocycles. The first kappa shape index (κ1) is 11.2. The maximum Gasteiger partial charge on any atom is 0.314 e. The van der Waals surface area contributed by atoms with E-state index in [-0.39, 0.29) is 6.03 Å². The van der Waals surface area contributed by atoms with Crippen molar-refractivity contribution in [2.45, 2.75) is 19.9 Å². The quantitative estimate of drug-likeness (QED) is 0.640. The zero-order valence-corrected chi connectivity index (χ0v) is 8.35. The van der Waals surface area contributed by atoms with E-state index in [1.165, 1.54) is 0 Å². The lowest BCUT2D eigenvalue weighted by Gasteiger charge is -2.19. The van der Waals surface area contributed by atoms with E-state index in [0.717, 1.165) is 0 Å². The number of hydrogen-bond donors (Lipinski definition) is 2. The summed E-state index contributed by atoms with van der Waals surface area (Å²) in [6, 6.07) is 0.277. The lowest BCUT2D eigenvalue weighted by Crippen LogP contribution is -2.42.